The van der Waals surface area contributed by atoms with Crippen molar-refractivity contribution in [1.29, 1.82) is 0 Å². The fraction of sp³-hybridized carbons (Fsp3) is 0.545. The van der Waals surface area contributed by atoms with Crippen molar-refractivity contribution >= 4 is 5.91 Å². The molecule has 0 bridgehead atoms. The van der Waals surface area contributed by atoms with Gasteiger partial charge in [-0.25, -0.2) is 0 Å². The van der Waals surface area contributed by atoms with Crippen LogP contribution in [0, 0.1) is 0 Å². The number of nitrogens with one attached hydrogen (secondary N) is 2. The first-order chi connectivity index (χ1) is 7.19. The largest absolute Gasteiger partial charge is 0.358 e. The van der Waals surface area contributed by atoms with E-state index in [2.05, 4.69) is 28.2 Å². The number of aromatic nitrogens is 1. The van der Waals surface area contributed by atoms with Crippen molar-refractivity contribution in [3.8, 4) is 0 Å². The molecule has 1 unspecified atom stereocenters. The molecule has 1 rings (SSSR count). The molecule has 0 radical (unpaired) electrons. The molecule has 4 heteroatoms. The number of likely N-dealkylation sites (N-methyl/N-ethyl adjacent to an activating group) is 1. The summed E-state index contributed by atoms with van der Waals surface area (Å²) in [7, 11) is 1.65. The molecule has 2 N–H and O–H groups in total. The third-order valence-corrected chi connectivity index (χ3v) is 2.49. The van der Waals surface area contributed by atoms with Gasteiger partial charge in [-0.05, 0) is 26.0 Å². The number of hydrogen-bond donors (Lipinski definition) is 2. The number of hydrogen-bond acceptors (Lipinski definition) is 2. The first-order valence-corrected chi connectivity index (χ1v) is 5.28. The summed E-state index contributed by atoms with van der Waals surface area (Å²) in [4.78, 5) is 11.2. The average Bonchev–Trinajstić information content (AvgIpc) is 2.71. The van der Waals surface area contributed by atoms with Gasteiger partial charge in [0.05, 0.1) is 6.04 Å². The zero-order chi connectivity index (χ0) is 11.3. The fourth-order valence-electron chi connectivity index (χ4n) is 1.49. The van der Waals surface area contributed by atoms with Crippen molar-refractivity contribution in [1.82, 2.24) is 15.2 Å². The minimum absolute atomic E-state index is 0.0182. The molecular formula is C11H19N3O. The Morgan fingerprint density at radius 1 is 1.60 bits per heavy atom. The first kappa shape index (κ1) is 11.8. The lowest BCUT2D eigenvalue weighted by Crippen LogP contribution is -2.40. The lowest BCUT2D eigenvalue weighted by atomic mass is 10.3. The maximum atomic E-state index is 11.2. The van der Waals surface area contributed by atoms with E-state index in [4.69, 9.17) is 0 Å². The highest BCUT2D eigenvalue weighted by molar-refractivity contribution is 5.80. The Labute approximate surface area is 90.7 Å². The van der Waals surface area contributed by atoms with Gasteiger partial charge in [-0.2, -0.15) is 0 Å². The molecule has 0 aliphatic rings. The standard InChI is InChI=1S/C11H19N3O/c1-4-14-7-5-6-10(14)8-13-9(2)11(15)12-3/h5-7,9,13H,4,8H2,1-3H3,(H,12,15). The van der Waals surface area contributed by atoms with E-state index < -0.39 is 0 Å². The van der Waals surface area contributed by atoms with Crippen LogP contribution in [-0.4, -0.2) is 23.6 Å². The van der Waals surface area contributed by atoms with E-state index in [1.807, 2.05) is 19.2 Å². The van der Waals surface area contributed by atoms with E-state index in [1.54, 1.807) is 7.05 Å². The molecule has 15 heavy (non-hydrogen) atoms. The van der Waals surface area contributed by atoms with E-state index in [-0.39, 0.29) is 11.9 Å². The molecule has 1 amide bonds. The Hall–Kier alpha value is -1.29. The molecule has 1 heterocycles. The van der Waals surface area contributed by atoms with Crippen molar-refractivity contribution < 1.29 is 4.79 Å². The number of rotatable bonds is 5. The van der Waals surface area contributed by atoms with Gasteiger partial charge >= 0.3 is 0 Å². The van der Waals surface area contributed by atoms with Crippen molar-refractivity contribution in [3.05, 3.63) is 24.0 Å². The van der Waals surface area contributed by atoms with Crippen LogP contribution in [0.1, 0.15) is 19.5 Å². The molecular weight excluding hydrogens is 190 g/mol. The van der Waals surface area contributed by atoms with E-state index in [1.165, 1.54) is 5.69 Å². The monoisotopic (exact) mass is 209 g/mol. The first-order valence-electron chi connectivity index (χ1n) is 5.28. The van der Waals surface area contributed by atoms with Gasteiger partial charge in [0, 0.05) is 32.0 Å². The quantitative estimate of drug-likeness (QED) is 0.751. The predicted octanol–water partition coefficient (Wildman–Crippen LogP) is 0.732. The molecule has 0 saturated carbocycles. The molecule has 1 aromatic heterocycles. The second-order valence-electron chi connectivity index (χ2n) is 3.50. The minimum atomic E-state index is -0.157. The highest BCUT2D eigenvalue weighted by Gasteiger charge is 2.10. The van der Waals surface area contributed by atoms with Crippen molar-refractivity contribution in [2.24, 2.45) is 0 Å². The maximum Gasteiger partial charge on any atom is 0.236 e. The minimum Gasteiger partial charge on any atom is -0.358 e. The van der Waals surface area contributed by atoms with Gasteiger partial charge in [-0.1, -0.05) is 0 Å². The van der Waals surface area contributed by atoms with Crippen molar-refractivity contribution in [3.63, 3.8) is 0 Å². The van der Waals surface area contributed by atoms with Crippen molar-refractivity contribution in [2.45, 2.75) is 33.0 Å². The molecule has 1 aromatic rings. The molecule has 4 nitrogen and oxygen atoms in total. The van der Waals surface area contributed by atoms with E-state index >= 15 is 0 Å². The van der Waals surface area contributed by atoms with Crippen LogP contribution >= 0.6 is 0 Å². The predicted molar refractivity (Wildman–Crippen MR) is 60.5 cm³/mol. The van der Waals surface area contributed by atoms with Gasteiger partial charge in [0.2, 0.25) is 5.91 Å². The third kappa shape index (κ3) is 3.09. The third-order valence-electron chi connectivity index (χ3n) is 2.49. The Morgan fingerprint density at radius 2 is 2.33 bits per heavy atom. The Kier molecular flexibility index (Phi) is 4.37. The van der Waals surface area contributed by atoms with Crippen LogP contribution in [0.5, 0.6) is 0 Å². The summed E-state index contributed by atoms with van der Waals surface area (Å²) in [5.41, 5.74) is 1.20. The average molecular weight is 209 g/mol. The molecule has 0 spiro atoms. The molecule has 0 saturated heterocycles. The highest BCUT2D eigenvalue weighted by Crippen LogP contribution is 2.01. The molecule has 0 aliphatic carbocycles. The highest BCUT2D eigenvalue weighted by atomic mass is 16.2. The Bertz CT molecular complexity index is 319. The summed E-state index contributed by atoms with van der Waals surface area (Å²) in [6.07, 6.45) is 2.04. The van der Waals surface area contributed by atoms with Gasteiger partial charge in [0.25, 0.3) is 0 Å². The SMILES string of the molecule is CCn1cccc1CNC(C)C(=O)NC. The summed E-state index contributed by atoms with van der Waals surface area (Å²) in [6, 6.07) is 3.92. The normalized spacial score (nSPS) is 12.5. The maximum absolute atomic E-state index is 11.2. The van der Waals surface area contributed by atoms with Gasteiger partial charge in [0.1, 0.15) is 0 Å². The van der Waals surface area contributed by atoms with Gasteiger partial charge in [-0.15, -0.1) is 0 Å². The number of nitrogens with zero attached hydrogens (tertiary/aromatic N) is 1. The van der Waals surface area contributed by atoms with Gasteiger partial charge < -0.3 is 15.2 Å². The van der Waals surface area contributed by atoms with Crippen LogP contribution in [0.2, 0.25) is 0 Å². The summed E-state index contributed by atoms with van der Waals surface area (Å²) in [6.45, 7) is 5.64. The fourth-order valence-corrected chi connectivity index (χ4v) is 1.49. The summed E-state index contributed by atoms with van der Waals surface area (Å²) >= 11 is 0. The summed E-state index contributed by atoms with van der Waals surface area (Å²) in [5.74, 6) is 0.0182. The Morgan fingerprint density at radius 3 is 2.93 bits per heavy atom. The van der Waals surface area contributed by atoms with Crippen LogP contribution < -0.4 is 10.6 Å². The van der Waals surface area contributed by atoms with Crippen LogP contribution in [0.25, 0.3) is 0 Å². The topological polar surface area (TPSA) is 46.1 Å². The molecule has 1 atom stereocenters. The summed E-state index contributed by atoms with van der Waals surface area (Å²) in [5, 5.41) is 5.79. The number of aryl methyl sites for hydroxylation is 1. The summed E-state index contributed by atoms with van der Waals surface area (Å²) < 4.78 is 2.16. The zero-order valence-corrected chi connectivity index (χ0v) is 9.58. The molecule has 0 aliphatic heterocycles. The number of carbonyl (C=O) groups is 1. The Balaban J connectivity index is 2.46. The van der Waals surface area contributed by atoms with Crippen LogP contribution in [0.4, 0.5) is 0 Å². The van der Waals surface area contributed by atoms with Gasteiger partial charge in [-0.3, -0.25) is 4.79 Å². The molecule has 0 fully saturated rings. The van der Waals surface area contributed by atoms with Crippen molar-refractivity contribution in [2.75, 3.05) is 7.05 Å². The number of amides is 1. The van der Waals surface area contributed by atoms with Gasteiger partial charge in [0.15, 0.2) is 0 Å². The molecule has 0 aromatic carbocycles. The van der Waals surface area contributed by atoms with Crippen LogP contribution in [0.15, 0.2) is 18.3 Å². The smallest absolute Gasteiger partial charge is 0.236 e. The molecule has 84 valence electrons. The van der Waals surface area contributed by atoms with E-state index in [0.717, 1.165) is 13.1 Å². The second-order valence-corrected chi connectivity index (χ2v) is 3.50. The van der Waals surface area contributed by atoms with Crippen LogP contribution in [0.3, 0.4) is 0 Å². The lowest BCUT2D eigenvalue weighted by molar-refractivity contribution is -0.122. The van der Waals surface area contributed by atoms with E-state index in [9.17, 15) is 4.79 Å². The zero-order valence-electron chi connectivity index (χ0n) is 9.58. The lowest BCUT2D eigenvalue weighted by Gasteiger charge is -2.13. The number of carbonyl (C=O) groups excluding carboxylic acids is 1. The van der Waals surface area contributed by atoms with Crippen LogP contribution in [-0.2, 0) is 17.9 Å². The van der Waals surface area contributed by atoms with E-state index in [0.29, 0.717) is 0 Å². The second kappa shape index (κ2) is 5.56.